The lowest BCUT2D eigenvalue weighted by atomic mass is 9.82. The van der Waals surface area contributed by atoms with Crippen molar-refractivity contribution in [2.45, 2.75) is 64.8 Å². The van der Waals surface area contributed by atoms with Crippen LogP contribution < -0.4 is 5.32 Å². The number of rotatable bonds is 4. The van der Waals surface area contributed by atoms with E-state index in [9.17, 15) is 9.59 Å². The highest BCUT2D eigenvalue weighted by molar-refractivity contribution is 5.95. The Kier molecular flexibility index (Phi) is 3.98. The van der Waals surface area contributed by atoms with Gasteiger partial charge in [0.2, 0.25) is 11.8 Å². The van der Waals surface area contributed by atoms with E-state index in [0.717, 1.165) is 19.4 Å². The van der Waals surface area contributed by atoms with Gasteiger partial charge in [-0.15, -0.1) is 0 Å². The Labute approximate surface area is 127 Å². The second kappa shape index (κ2) is 5.62. The van der Waals surface area contributed by atoms with Crippen LogP contribution in [0, 0.1) is 17.3 Å². The Morgan fingerprint density at radius 2 is 1.86 bits per heavy atom. The van der Waals surface area contributed by atoms with Crippen molar-refractivity contribution in [3.8, 4) is 0 Å². The smallest absolute Gasteiger partial charge is 0.245 e. The van der Waals surface area contributed by atoms with Gasteiger partial charge in [0.1, 0.15) is 6.04 Å². The zero-order valence-electron chi connectivity index (χ0n) is 13.4. The van der Waals surface area contributed by atoms with Crippen LogP contribution in [0.4, 0.5) is 0 Å². The highest BCUT2D eigenvalue weighted by atomic mass is 16.2. The number of nitrogens with one attached hydrogen (secondary N) is 1. The van der Waals surface area contributed by atoms with Crippen LogP contribution in [0.1, 0.15) is 58.8 Å². The molecule has 2 saturated carbocycles. The minimum Gasteiger partial charge on any atom is -0.342 e. The standard InChI is InChI=1S/C17H28N2O2/c1-12(2)17(8-9-17)11-19-10-14(20)18-15(16(19)21)13-6-4-3-5-7-13/h12-13,15H,3-11H2,1-2H3,(H,18,20). The van der Waals surface area contributed by atoms with Crippen molar-refractivity contribution in [2.75, 3.05) is 13.1 Å². The normalized spacial score (nSPS) is 29.7. The van der Waals surface area contributed by atoms with E-state index in [1.54, 1.807) is 0 Å². The van der Waals surface area contributed by atoms with Crippen LogP contribution in [-0.4, -0.2) is 35.8 Å². The highest BCUT2D eigenvalue weighted by Crippen LogP contribution is 2.52. The summed E-state index contributed by atoms with van der Waals surface area (Å²) in [6.45, 7) is 5.51. The van der Waals surface area contributed by atoms with Gasteiger partial charge in [-0.25, -0.2) is 0 Å². The van der Waals surface area contributed by atoms with Crippen molar-refractivity contribution >= 4 is 11.8 Å². The van der Waals surface area contributed by atoms with Crippen molar-refractivity contribution in [1.82, 2.24) is 10.2 Å². The molecule has 1 aliphatic heterocycles. The zero-order valence-corrected chi connectivity index (χ0v) is 13.4. The maximum Gasteiger partial charge on any atom is 0.245 e. The van der Waals surface area contributed by atoms with Crippen molar-refractivity contribution in [3.05, 3.63) is 0 Å². The molecule has 1 N–H and O–H groups in total. The Balaban J connectivity index is 1.69. The molecule has 1 unspecified atom stereocenters. The topological polar surface area (TPSA) is 49.4 Å². The van der Waals surface area contributed by atoms with E-state index in [-0.39, 0.29) is 29.8 Å². The Morgan fingerprint density at radius 3 is 2.43 bits per heavy atom. The third kappa shape index (κ3) is 2.95. The SMILES string of the molecule is CC(C)C1(CN2CC(=O)NC(C3CCCCC3)C2=O)CC1. The first kappa shape index (κ1) is 14.9. The minimum atomic E-state index is -0.255. The third-order valence-corrected chi connectivity index (χ3v) is 5.97. The molecule has 3 rings (SSSR count). The molecule has 0 aromatic rings. The number of carbonyl (C=O) groups is 2. The van der Waals surface area contributed by atoms with Crippen LogP contribution in [0.15, 0.2) is 0 Å². The van der Waals surface area contributed by atoms with E-state index in [1.807, 2.05) is 4.90 Å². The van der Waals surface area contributed by atoms with Gasteiger partial charge in [-0.2, -0.15) is 0 Å². The van der Waals surface area contributed by atoms with Gasteiger partial charge >= 0.3 is 0 Å². The summed E-state index contributed by atoms with van der Waals surface area (Å²) < 4.78 is 0. The first-order valence-corrected chi connectivity index (χ1v) is 8.60. The van der Waals surface area contributed by atoms with Gasteiger partial charge in [0.25, 0.3) is 0 Å². The molecular formula is C17H28N2O2. The van der Waals surface area contributed by atoms with Crippen molar-refractivity contribution in [1.29, 1.82) is 0 Å². The summed E-state index contributed by atoms with van der Waals surface area (Å²) in [7, 11) is 0. The predicted octanol–water partition coefficient (Wildman–Crippen LogP) is 2.33. The van der Waals surface area contributed by atoms with E-state index >= 15 is 0 Å². The van der Waals surface area contributed by atoms with Crippen LogP contribution >= 0.6 is 0 Å². The van der Waals surface area contributed by atoms with Crippen LogP contribution in [0.25, 0.3) is 0 Å². The van der Waals surface area contributed by atoms with E-state index in [4.69, 9.17) is 0 Å². The average molecular weight is 292 g/mol. The molecule has 2 aliphatic carbocycles. The molecule has 2 amide bonds. The molecule has 118 valence electrons. The maximum atomic E-state index is 12.8. The lowest BCUT2D eigenvalue weighted by Crippen LogP contribution is -2.61. The lowest BCUT2D eigenvalue weighted by molar-refractivity contribution is -0.147. The summed E-state index contributed by atoms with van der Waals surface area (Å²) in [6.07, 6.45) is 8.22. The van der Waals surface area contributed by atoms with Crippen molar-refractivity contribution in [3.63, 3.8) is 0 Å². The van der Waals surface area contributed by atoms with E-state index in [0.29, 0.717) is 11.8 Å². The molecule has 3 fully saturated rings. The first-order chi connectivity index (χ1) is 10.0. The monoisotopic (exact) mass is 292 g/mol. The van der Waals surface area contributed by atoms with Crippen LogP contribution in [0.5, 0.6) is 0 Å². The first-order valence-electron chi connectivity index (χ1n) is 8.60. The summed E-state index contributed by atoms with van der Waals surface area (Å²) >= 11 is 0. The quantitative estimate of drug-likeness (QED) is 0.864. The highest BCUT2D eigenvalue weighted by Gasteiger charge is 2.49. The zero-order chi connectivity index (χ0) is 15.0. The van der Waals surface area contributed by atoms with Crippen LogP contribution in [0.2, 0.25) is 0 Å². The summed E-state index contributed by atoms with van der Waals surface area (Å²) in [5.41, 5.74) is 0.282. The molecule has 1 heterocycles. The number of hydrogen-bond acceptors (Lipinski definition) is 2. The fourth-order valence-corrected chi connectivity index (χ4v) is 4.11. The lowest BCUT2D eigenvalue weighted by Gasteiger charge is -2.39. The molecular weight excluding hydrogens is 264 g/mol. The van der Waals surface area contributed by atoms with Gasteiger partial charge in [-0.05, 0) is 42.9 Å². The van der Waals surface area contributed by atoms with Crippen LogP contribution in [-0.2, 0) is 9.59 Å². The molecule has 21 heavy (non-hydrogen) atoms. The molecule has 0 bridgehead atoms. The van der Waals surface area contributed by atoms with E-state index in [2.05, 4.69) is 19.2 Å². The van der Waals surface area contributed by atoms with Crippen LogP contribution in [0.3, 0.4) is 0 Å². The molecule has 1 atom stereocenters. The number of hydrogen-bond donors (Lipinski definition) is 1. The minimum absolute atomic E-state index is 0.0322. The Bertz CT molecular complexity index is 423. The number of piperazine rings is 1. The largest absolute Gasteiger partial charge is 0.342 e. The fraction of sp³-hybridized carbons (Fsp3) is 0.882. The molecule has 3 aliphatic rings. The Morgan fingerprint density at radius 1 is 1.19 bits per heavy atom. The third-order valence-electron chi connectivity index (χ3n) is 5.97. The number of carbonyl (C=O) groups excluding carboxylic acids is 2. The van der Waals surface area contributed by atoms with Gasteiger partial charge in [-0.3, -0.25) is 9.59 Å². The molecule has 4 heteroatoms. The second-order valence-electron chi connectivity index (χ2n) is 7.65. The van der Waals surface area contributed by atoms with Gasteiger partial charge in [0.05, 0.1) is 6.54 Å². The van der Waals surface area contributed by atoms with Crippen molar-refractivity contribution in [2.24, 2.45) is 17.3 Å². The maximum absolute atomic E-state index is 12.8. The summed E-state index contributed by atoms with van der Waals surface area (Å²) in [4.78, 5) is 26.7. The number of nitrogens with zero attached hydrogens (tertiary/aromatic N) is 1. The Hall–Kier alpha value is -1.06. The summed E-state index contributed by atoms with van der Waals surface area (Å²) in [6, 6.07) is -0.255. The summed E-state index contributed by atoms with van der Waals surface area (Å²) in [5, 5.41) is 2.97. The summed E-state index contributed by atoms with van der Waals surface area (Å²) in [5.74, 6) is 1.15. The molecule has 1 saturated heterocycles. The molecule has 0 aromatic carbocycles. The van der Waals surface area contributed by atoms with Crippen molar-refractivity contribution < 1.29 is 9.59 Å². The predicted molar refractivity (Wildman–Crippen MR) is 81.6 cm³/mol. The van der Waals surface area contributed by atoms with Gasteiger partial charge in [-0.1, -0.05) is 33.1 Å². The average Bonchev–Trinajstić information content (AvgIpc) is 3.24. The molecule has 0 radical (unpaired) electrons. The van der Waals surface area contributed by atoms with Gasteiger partial charge in [0.15, 0.2) is 0 Å². The number of amides is 2. The van der Waals surface area contributed by atoms with E-state index in [1.165, 1.54) is 32.1 Å². The molecule has 0 aromatic heterocycles. The second-order valence-corrected chi connectivity index (χ2v) is 7.65. The van der Waals surface area contributed by atoms with Gasteiger partial charge < -0.3 is 10.2 Å². The molecule has 4 nitrogen and oxygen atoms in total. The van der Waals surface area contributed by atoms with E-state index < -0.39 is 0 Å². The molecule has 0 spiro atoms. The fourth-order valence-electron chi connectivity index (χ4n) is 4.11. The van der Waals surface area contributed by atoms with Gasteiger partial charge in [0, 0.05) is 6.54 Å².